The van der Waals surface area contributed by atoms with Gasteiger partial charge in [-0.3, -0.25) is 0 Å². The van der Waals surface area contributed by atoms with Gasteiger partial charge in [0, 0.05) is 12.2 Å². The molecule has 0 saturated heterocycles. The first-order valence-corrected chi connectivity index (χ1v) is 8.09. The van der Waals surface area contributed by atoms with Gasteiger partial charge >= 0.3 is 53.7 Å². The summed E-state index contributed by atoms with van der Waals surface area (Å²) in [5, 5.41) is 8.23. The molecule has 0 aromatic heterocycles. The summed E-state index contributed by atoms with van der Waals surface area (Å²) in [6.07, 6.45) is -12.1. The van der Waals surface area contributed by atoms with Crippen LogP contribution in [0.15, 0.2) is 12.2 Å². The molecule has 1 atom stereocenters. The molecule has 0 aliphatic heterocycles. The lowest BCUT2D eigenvalue weighted by Crippen LogP contribution is -2.74. The minimum atomic E-state index is -8.47. The minimum absolute atomic E-state index is 0.154. The van der Waals surface area contributed by atoms with Crippen LogP contribution in [0.2, 0.25) is 0 Å². The second kappa shape index (κ2) is 9.01. The van der Waals surface area contributed by atoms with Crippen molar-refractivity contribution in [1.29, 1.82) is 0 Å². The van der Waals surface area contributed by atoms with E-state index in [2.05, 4.69) is 4.74 Å². The number of halogens is 15. The minimum Gasteiger partial charge on any atom is -0.478 e. The fraction of sp³-hybridized carbons (Fsp3) is 0.733. The second-order valence-electron chi connectivity index (χ2n) is 6.77. The lowest BCUT2D eigenvalue weighted by Gasteiger charge is -2.43. The van der Waals surface area contributed by atoms with Gasteiger partial charge in [-0.1, -0.05) is 13.8 Å². The van der Waals surface area contributed by atoms with Gasteiger partial charge in [-0.2, -0.15) is 65.9 Å². The molecule has 19 heteroatoms. The van der Waals surface area contributed by atoms with E-state index in [0.717, 1.165) is 0 Å². The Morgan fingerprint density at radius 3 is 1.32 bits per heavy atom. The van der Waals surface area contributed by atoms with Crippen LogP contribution in [-0.2, 0) is 14.3 Å². The molecule has 0 radical (unpaired) electrons. The van der Waals surface area contributed by atoms with Gasteiger partial charge < -0.3 is 9.84 Å². The van der Waals surface area contributed by atoms with E-state index in [1.54, 1.807) is 0 Å². The predicted octanol–water partition coefficient (Wildman–Crippen LogP) is 5.57. The number of carboxylic acid groups (broad SMARTS) is 1. The number of ether oxygens (including phenoxy) is 1. The maximum Gasteiger partial charge on any atom is 0.460 e. The van der Waals surface area contributed by atoms with E-state index in [0.29, 0.717) is 13.8 Å². The smallest absolute Gasteiger partial charge is 0.460 e. The van der Waals surface area contributed by atoms with Gasteiger partial charge in [0.05, 0.1) is 0 Å². The van der Waals surface area contributed by atoms with Gasteiger partial charge in [0.2, 0.25) is 0 Å². The average molecular weight is 540 g/mol. The van der Waals surface area contributed by atoms with E-state index < -0.39 is 65.7 Å². The van der Waals surface area contributed by atoms with Crippen molar-refractivity contribution in [3.05, 3.63) is 12.2 Å². The normalized spacial score (nSPS) is 16.2. The number of hydrogen-bond donors (Lipinski definition) is 1. The number of aliphatic carboxylic acids is 1. The van der Waals surface area contributed by atoms with E-state index >= 15 is 0 Å². The van der Waals surface area contributed by atoms with Crippen molar-refractivity contribution in [1.82, 2.24) is 0 Å². The molecule has 200 valence electrons. The molecule has 1 unspecified atom stereocenters. The zero-order valence-electron chi connectivity index (χ0n) is 16.2. The first kappa shape index (κ1) is 31.6. The molecule has 1 N–H and O–H groups in total. The summed E-state index contributed by atoms with van der Waals surface area (Å²) >= 11 is 0. The Balaban J connectivity index is 6.67. The highest BCUT2D eigenvalue weighted by molar-refractivity contribution is 5.90. The van der Waals surface area contributed by atoms with Crippen LogP contribution in [-0.4, -0.2) is 64.9 Å². The van der Waals surface area contributed by atoms with Crippen molar-refractivity contribution in [3.63, 3.8) is 0 Å². The largest absolute Gasteiger partial charge is 0.478 e. The molecule has 0 aliphatic rings. The average Bonchev–Trinajstić information content (AvgIpc) is 2.62. The zero-order chi connectivity index (χ0) is 27.9. The fourth-order valence-corrected chi connectivity index (χ4v) is 2.09. The molecule has 0 heterocycles. The number of hydrogen-bond acceptors (Lipinski definition) is 3. The highest BCUT2D eigenvalue weighted by Gasteiger charge is 2.94. The molecule has 34 heavy (non-hydrogen) atoms. The van der Waals surface area contributed by atoms with Crippen LogP contribution in [0.5, 0.6) is 0 Å². The molecule has 4 nitrogen and oxygen atoms in total. The summed E-state index contributed by atoms with van der Waals surface area (Å²) in [7, 11) is 0. The first-order chi connectivity index (χ1) is 14.6. The van der Waals surface area contributed by atoms with Crippen LogP contribution >= 0.6 is 0 Å². The summed E-state index contributed by atoms with van der Waals surface area (Å²) in [5.74, 6) is -54.5. The standard InChI is InChI=1S/C15H11F15O4/c1-5(2)8(34-7(33)4-3-6(31)32)9(16,17)10(18,19)11(20,21)12(22,23)13(24,25)14(26,27)15(28,29)30/h3-5,8H,1-2H3,(H,31,32)/b4-3+. The van der Waals surface area contributed by atoms with Crippen LogP contribution in [0, 0.1) is 5.92 Å². The molecular formula is C15H11F15O4. The third-order valence-electron chi connectivity index (χ3n) is 3.92. The second-order valence-corrected chi connectivity index (χ2v) is 6.77. The van der Waals surface area contributed by atoms with E-state index in [1.807, 2.05) is 0 Å². The lowest BCUT2D eigenvalue weighted by molar-refractivity contribution is -0.456. The number of carbonyl (C=O) groups excluding carboxylic acids is 1. The Labute approximate surface area is 178 Å². The zero-order valence-corrected chi connectivity index (χ0v) is 16.2. The third kappa shape index (κ3) is 4.87. The van der Waals surface area contributed by atoms with Crippen LogP contribution in [0.25, 0.3) is 0 Å². The quantitative estimate of drug-likeness (QED) is 0.224. The molecular weight excluding hydrogens is 529 g/mol. The molecule has 0 fully saturated rings. The molecule has 0 aliphatic carbocycles. The number of rotatable bonds is 10. The Morgan fingerprint density at radius 2 is 1.00 bits per heavy atom. The highest BCUT2D eigenvalue weighted by atomic mass is 19.4. The summed E-state index contributed by atoms with van der Waals surface area (Å²) in [4.78, 5) is 21.5. The Bertz CT molecular complexity index is 798. The number of alkyl halides is 15. The third-order valence-corrected chi connectivity index (χ3v) is 3.92. The van der Waals surface area contributed by atoms with Crippen LogP contribution in [0.4, 0.5) is 65.9 Å². The molecule has 0 saturated carbocycles. The summed E-state index contributed by atoms with van der Waals surface area (Å²) in [6, 6.07) is 0. The van der Waals surface area contributed by atoms with Crippen molar-refractivity contribution in [2.75, 3.05) is 0 Å². The predicted molar refractivity (Wildman–Crippen MR) is 77.2 cm³/mol. The summed E-state index contributed by atoms with van der Waals surface area (Å²) < 4.78 is 202. The van der Waals surface area contributed by atoms with Crippen LogP contribution in [0.1, 0.15) is 13.8 Å². The van der Waals surface area contributed by atoms with Gasteiger partial charge in [-0.15, -0.1) is 0 Å². The Hall–Kier alpha value is -2.37. The van der Waals surface area contributed by atoms with E-state index in [4.69, 9.17) is 5.11 Å². The maximum atomic E-state index is 14.2. The van der Waals surface area contributed by atoms with Crippen molar-refractivity contribution >= 4 is 11.9 Å². The topological polar surface area (TPSA) is 63.6 Å². The maximum absolute atomic E-state index is 14.2. The van der Waals surface area contributed by atoms with Crippen LogP contribution in [0.3, 0.4) is 0 Å². The van der Waals surface area contributed by atoms with E-state index in [-0.39, 0.29) is 12.2 Å². The van der Waals surface area contributed by atoms with Crippen LogP contribution < -0.4 is 0 Å². The van der Waals surface area contributed by atoms with Gasteiger partial charge in [-0.05, 0) is 5.92 Å². The molecule has 0 bridgehead atoms. The highest BCUT2D eigenvalue weighted by Crippen LogP contribution is 2.63. The number of carbonyl (C=O) groups is 2. The van der Waals surface area contributed by atoms with Crippen molar-refractivity contribution < 1.29 is 85.3 Å². The summed E-state index contributed by atoms with van der Waals surface area (Å²) in [6.45, 7) is 0.789. The molecule has 0 rings (SSSR count). The molecule has 0 amide bonds. The van der Waals surface area contributed by atoms with Gasteiger partial charge in [0.1, 0.15) is 0 Å². The van der Waals surface area contributed by atoms with Crippen molar-refractivity contribution in [2.45, 2.75) is 61.7 Å². The van der Waals surface area contributed by atoms with Gasteiger partial charge in [0.25, 0.3) is 0 Å². The molecule has 0 aromatic rings. The van der Waals surface area contributed by atoms with E-state index in [9.17, 15) is 75.4 Å². The van der Waals surface area contributed by atoms with Crippen molar-refractivity contribution in [2.24, 2.45) is 5.92 Å². The summed E-state index contributed by atoms with van der Waals surface area (Å²) in [5.41, 5.74) is 0. The molecule has 0 spiro atoms. The van der Waals surface area contributed by atoms with E-state index in [1.165, 1.54) is 0 Å². The molecule has 0 aromatic carbocycles. The Kier molecular flexibility index (Phi) is 8.38. The first-order valence-electron chi connectivity index (χ1n) is 8.09. The van der Waals surface area contributed by atoms with Gasteiger partial charge in [0.15, 0.2) is 6.10 Å². The number of carboxylic acids is 1. The fourth-order valence-electron chi connectivity index (χ4n) is 2.09. The SMILES string of the molecule is CC(C)C(OC(=O)/C=C/C(=O)O)C(F)(F)C(F)(F)C(F)(F)C(F)(F)C(F)(F)C(F)(F)C(F)(F)F. The van der Waals surface area contributed by atoms with Gasteiger partial charge in [-0.25, -0.2) is 9.59 Å². The number of esters is 1. The van der Waals surface area contributed by atoms with Crippen molar-refractivity contribution in [3.8, 4) is 0 Å². The monoisotopic (exact) mass is 540 g/mol. The lowest BCUT2D eigenvalue weighted by atomic mass is 9.86. The Morgan fingerprint density at radius 1 is 0.647 bits per heavy atom.